The topological polar surface area (TPSA) is 96.0 Å². The van der Waals surface area contributed by atoms with E-state index in [-0.39, 0.29) is 17.7 Å². The maximum atomic E-state index is 11.8. The van der Waals surface area contributed by atoms with Crippen LogP contribution in [0.1, 0.15) is 36.0 Å². The van der Waals surface area contributed by atoms with Crippen LogP contribution in [0.2, 0.25) is 0 Å². The van der Waals surface area contributed by atoms with Crippen molar-refractivity contribution in [1.29, 1.82) is 0 Å². The van der Waals surface area contributed by atoms with Crippen molar-refractivity contribution in [1.82, 2.24) is 20.8 Å². The average molecular weight is 297 g/mol. The maximum absolute atomic E-state index is 11.8. The lowest BCUT2D eigenvalue weighted by atomic mass is 10.4. The van der Waals surface area contributed by atoms with Gasteiger partial charge >= 0.3 is 0 Å². The molecule has 1 aromatic heterocycles. The summed E-state index contributed by atoms with van der Waals surface area (Å²) in [6.07, 6.45) is 2.95. The summed E-state index contributed by atoms with van der Waals surface area (Å²) in [5, 5.41) is 17.3. The third-order valence-corrected chi connectivity index (χ3v) is 3.68. The van der Waals surface area contributed by atoms with E-state index < -0.39 is 0 Å². The van der Waals surface area contributed by atoms with Crippen LogP contribution < -0.4 is 16.0 Å². The Morgan fingerprint density at radius 3 is 2.65 bits per heavy atom. The van der Waals surface area contributed by atoms with E-state index in [4.69, 9.17) is 0 Å². The molecule has 1 aliphatic rings. The lowest BCUT2D eigenvalue weighted by molar-refractivity contribution is -0.122. The largest absolute Gasteiger partial charge is 0.360 e. The minimum atomic E-state index is -0.257. The highest BCUT2D eigenvalue weighted by molar-refractivity contribution is 7.17. The lowest BCUT2D eigenvalue weighted by Gasteiger charge is -2.04. The van der Waals surface area contributed by atoms with Crippen molar-refractivity contribution in [3.8, 4) is 0 Å². The molecule has 1 fully saturated rings. The van der Waals surface area contributed by atoms with Gasteiger partial charge in [-0.05, 0) is 19.3 Å². The Balaban J connectivity index is 1.65. The van der Waals surface area contributed by atoms with Crippen molar-refractivity contribution >= 4 is 28.3 Å². The first-order chi connectivity index (χ1) is 9.70. The molecule has 0 saturated heterocycles. The molecule has 2 amide bonds. The summed E-state index contributed by atoms with van der Waals surface area (Å²) in [4.78, 5) is 23.2. The summed E-state index contributed by atoms with van der Waals surface area (Å²) < 4.78 is 0. The van der Waals surface area contributed by atoms with Crippen LogP contribution >= 0.6 is 11.3 Å². The highest BCUT2D eigenvalue weighted by Gasteiger charge is 2.29. The van der Waals surface area contributed by atoms with Crippen molar-refractivity contribution in [2.24, 2.45) is 5.92 Å². The minimum absolute atomic E-state index is 0.0845. The SMILES string of the molecule is CCCNc1nnc(C(=O)NCCNC(=O)C2CC2)s1. The molecule has 7 nitrogen and oxygen atoms in total. The molecule has 2 rings (SSSR count). The third-order valence-electron chi connectivity index (χ3n) is 2.80. The van der Waals surface area contributed by atoms with Crippen LogP contribution in [0.25, 0.3) is 0 Å². The molecule has 1 saturated carbocycles. The number of nitrogens with zero attached hydrogens (tertiary/aromatic N) is 2. The number of carbonyl (C=O) groups is 2. The van der Waals surface area contributed by atoms with Crippen molar-refractivity contribution in [2.45, 2.75) is 26.2 Å². The van der Waals surface area contributed by atoms with E-state index in [1.807, 2.05) is 0 Å². The first kappa shape index (κ1) is 14.7. The number of carbonyl (C=O) groups excluding carboxylic acids is 2. The number of hydrogen-bond donors (Lipinski definition) is 3. The molecule has 20 heavy (non-hydrogen) atoms. The summed E-state index contributed by atoms with van der Waals surface area (Å²) in [6, 6.07) is 0. The van der Waals surface area contributed by atoms with Gasteiger partial charge in [0.05, 0.1) is 0 Å². The van der Waals surface area contributed by atoms with Crippen molar-refractivity contribution in [3.05, 3.63) is 5.01 Å². The molecule has 0 unspecified atom stereocenters. The summed E-state index contributed by atoms with van der Waals surface area (Å²) in [6.45, 7) is 3.70. The molecule has 1 aliphatic carbocycles. The lowest BCUT2D eigenvalue weighted by Crippen LogP contribution is -2.35. The van der Waals surface area contributed by atoms with E-state index >= 15 is 0 Å². The number of anilines is 1. The van der Waals surface area contributed by atoms with Gasteiger partial charge in [-0.25, -0.2) is 0 Å². The summed E-state index contributed by atoms with van der Waals surface area (Å²) in [5.41, 5.74) is 0. The van der Waals surface area contributed by atoms with Crippen LogP contribution in [0.3, 0.4) is 0 Å². The Morgan fingerprint density at radius 1 is 1.20 bits per heavy atom. The van der Waals surface area contributed by atoms with Gasteiger partial charge in [0.1, 0.15) is 0 Å². The zero-order valence-electron chi connectivity index (χ0n) is 11.4. The Hall–Kier alpha value is -1.70. The molecule has 110 valence electrons. The number of rotatable bonds is 8. The van der Waals surface area contributed by atoms with Gasteiger partial charge in [0.25, 0.3) is 5.91 Å². The molecule has 3 N–H and O–H groups in total. The monoisotopic (exact) mass is 297 g/mol. The first-order valence-corrected chi connectivity index (χ1v) is 7.65. The van der Waals surface area contributed by atoms with Gasteiger partial charge < -0.3 is 16.0 Å². The predicted octanol–water partition coefficient (Wildman–Crippen LogP) is 0.616. The second-order valence-electron chi connectivity index (χ2n) is 4.66. The van der Waals surface area contributed by atoms with Crippen LogP contribution in [0, 0.1) is 5.92 Å². The smallest absolute Gasteiger partial charge is 0.282 e. The fraction of sp³-hybridized carbons (Fsp3) is 0.667. The van der Waals surface area contributed by atoms with Gasteiger partial charge in [-0.15, -0.1) is 10.2 Å². The summed E-state index contributed by atoms with van der Waals surface area (Å²) >= 11 is 1.23. The minimum Gasteiger partial charge on any atom is -0.360 e. The molecule has 0 aromatic carbocycles. The van der Waals surface area contributed by atoms with Crippen LogP contribution in [0.5, 0.6) is 0 Å². The number of aromatic nitrogens is 2. The van der Waals surface area contributed by atoms with Gasteiger partial charge in [-0.1, -0.05) is 18.3 Å². The van der Waals surface area contributed by atoms with E-state index in [1.165, 1.54) is 11.3 Å². The van der Waals surface area contributed by atoms with Crippen molar-refractivity contribution in [2.75, 3.05) is 25.0 Å². The second kappa shape index (κ2) is 7.18. The summed E-state index contributed by atoms with van der Waals surface area (Å²) in [5.74, 6) is 0.0231. The van der Waals surface area contributed by atoms with Gasteiger partial charge in [-0.3, -0.25) is 9.59 Å². The fourth-order valence-electron chi connectivity index (χ4n) is 1.55. The average Bonchev–Trinajstić information content (AvgIpc) is 3.19. The zero-order valence-corrected chi connectivity index (χ0v) is 12.3. The molecule has 0 bridgehead atoms. The number of nitrogens with one attached hydrogen (secondary N) is 3. The predicted molar refractivity (Wildman–Crippen MR) is 76.8 cm³/mol. The molecule has 0 radical (unpaired) electrons. The molecule has 0 spiro atoms. The van der Waals surface area contributed by atoms with Gasteiger partial charge in [-0.2, -0.15) is 0 Å². The Labute approximate surface area is 121 Å². The van der Waals surface area contributed by atoms with Crippen molar-refractivity contribution in [3.63, 3.8) is 0 Å². The molecule has 1 aromatic rings. The van der Waals surface area contributed by atoms with E-state index in [0.29, 0.717) is 23.2 Å². The van der Waals surface area contributed by atoms with E-state index in [0.717, 1.165) is 25.8 Å². The highest BCUT2D eigenvalue weighted by Crippen LogP contribution is 2.28. The Kier molecular flexibility index (Phi) is 5.28. The molecule has 0 aliphatic heterocycles. The molecular formula is C12H19N5O2S. The number of hydrogen-bond acceptors (Lipinski definition) is 6. The molecule has 1 heterocycles. The first-order valence-electron chi connectivity index (χ1n) is 6.84. The van der Waals surface area contributed by atoms with Gasteiger partial charge in [0.2, 0.25) is 16.0 Å². The Morgan fingerprint density at radius 2 is 1.95 bits per heavy atom. The van der Waals surface area contributed by atoms with Gasteiger partial charge in [0.15, 0.2) is 0 Å². The van der Waals surface area contributed by atoms with Crippen LogP contribution in [0.15, 0.2) is 0 Å². The fourth-order valence-corrected chi connectivity index (χ4v) is 2.23. The Bertz CT molecular complexity index is 472. The second-order valence-corrected chi connectivity index (χ2v) is 5.64. The van der Waals surface area contributed by atoms with Gasteiger partial charge in [0, 0.05) is 25.6 Å². The normalized spacial score (nSPS) is 13.8. The van der Waals surface area contributed by atoms with Crippen LogP contribution in [-0.2, 0) is 4.79 Å². The van der Waals surface area contributed by atoms with Crippen LogP contribution in [-0.4, -0.2) is 41.6 Å². The maximum Gasteiger partial charge on any atom is 0.282 e. The van der Waals surface area contributed by atoms with Crippen molar-refractivity contribution < 1.29 is 9.59 Å². The zero-order chi connectivity index (χ0) is 14.4. The van der Waals surface area contributed by atoms with Crippen LogP contribution in [0.4, 0.5) is 5.13 Å². The molecule has 0 atom stereocenters. The molecular weight excluding hydrogens is 278 g/mol. The number of amides is 2. The quantitative estimate of drug-likeness (QED) is 0.611. The molecule has 8 heteroatoms. The van der Waals surface area contributed by atoms with E-state index in [2.05, 4.69) is 33.1 Å². The summed E-state index contributed by atoms with van der Waals surface area (Å²) in [7, 11) is 0. The standard InChI is InChI=1S/C12H19N5O2S/c1-2-5-15-12-17-16-11(20-12)10(19)14-7-6-13-9(18)8-3-4-8/h8H,2-7H2,1H3,(H,13,18)(H,14,19)(H,15,17). The third kappa shape index (κ3) is 4.44. The van der Waals surface area contributed by atoms with E-state index in [1.54, 1.807) is 0 Å². The highest BCUT2D eigenvalue weighted by atomic mass is 32.1. The van der Waals surface area contributed by atoms with E-state index in [9.17, 15) is 9.59 Å².